The van der Waals surface area contributed by atoms with Crippen molar-refractivity contribution in [2.24, 2.45) is 5.10 Å². The summed E-state index contributed by atoms with van der Waals surface area (Å²) in [6, 6.07) is 8.27. The van der Waals surface area contributed by atoms with Crippen LogP contribution in [0.1, 0.15) is 5.76 Å². The fourth-order valence-corrected chi connectivity index (χ4v) is 2.23. The number of amides is 1. The van der Waals surface area contributed by atoms with Gasteiger partial charge in [0.1, 0.15) is 11.5 Å². The number of furan rings is 1. The molecule has 1 aromatic heterocycles. The van der Waals surface area contributed by atoms with Gasteiger partial charge in [-0.05, 0) is 52.9 Å². The zero-order valence-electron chi connectivity index (χ0n) is 10.5. The van der Waals surface area contributed by atoms with Gasteiger partial charge in [-0.1, -0.05) is 23.2 Å². The lowest BCUT2D eigenvalue weighted by atomic mass is 10.3. The molecule has 5 nitrogen and oxygen atoms in total. The van der Waals surface area contributed by atoms with Gasteiger partial charge in [0.25, 0.3) is 5.91 Å². The minimum atomic E-state index is -0.418. The highest BCUT2D eigenvalue weighted by molar-refractivity contribution is 14.1. The largest absolute Gasteiger partial charge is 0.482 e. The predicted octanol–water partition coefficient (Wildman–Crippen LogP) is 3.72. The van der Waals surface area contributed by atoms with Gasteiger partial charge in [-0.25, -0.2) is 5.43 Å². The molecule has 1 amide bonds. The Morgan fingerprint density at radius 1 is 1.38 bits per heavy atom. The Balaban J connectivity index is 1.81. The molecular formula is C13H9Cl2IN2O3. The maximum absolute atomic E-state index is 11.5. The summed E-state index contributed by atoms with van der Waals surface area (Å²) < 4.78 is 11.2. The molecular weight excluding hydrogens is 430 g/mol. The Hall–Kier alpha value is -1.25. The van der Waals surface area contributed by atoms with Crippen molar-refractivity contribution in [3.8, 4) is 5.75 Å². The van der Waals surface area contributed by atoms with E-state index in [0.717, 1.165) is 3.77 Å². The van der Waals surface area contributed by atoms with E-state index >= 15 is 0 Å². The molecule has 1 aromatic carbocycles. The Bertz CT molecular complexity index is 673. The van der Waals surface area contributed by atoms with E-state index in [1.807, 2.05) is 22.6 Å². The van der Waals surface area contributed by atoms with Gasteiger partial charge in [0.2, 0.25) is 0 Å². The second-order valence-corrected chi connectivity index (χ2v) is 5.71. The molecule has 0 unspecified atom stereocenters. The fourth-order valence-electron chi connectivity index (χ4n) is 1.33. The number of nitrogens with one attached hydrogen (secondary N) is 1. The Morgan fingerprint density at radius 2 is 2.19 bits per heavy atom. The van der Waals surface area contributed by atoms with Crippen LogP contribution in [0.5, 0.6) is 5.75 Å². The maximum Gasteiger partial charge on any atom is 0.277 e. The lowest BCUT2D eigenvalue weighted by Crippen LogP contribution is -2.24. The van der Waals surface area contributed by atoms with Gasteiger partial charge in [0.05, 0.1) is 11.2 Å². The average Bonchev–Trinajstić information content (AvgIpc) is 2.83. The van der Waals surface area contributed by atoms with Crippen molar-refractivity contribution in [3.63, 3.8) is 0 Å². The van der Waals surface area contributed by atoms with E-state index in [4.69, 9.17) is 32.4 Å². The van der Waals surface area contributed by atoms with E-state index in [0.29, 0.717) is 21.6 Å². The number of hydrogen-bond donors (Lipinski definition) is 1. The average molecular weight is 439 g/mol. The molecule has 0 bridgehead atoms. The maximum atomic E-state index is 11.5. The Morgan fingerprint density at radius 3 is 2.86 bits per heavy atom. The standard InChI is InChI=1S/C13H9Cl2IN2O3/c14-8-1-3-11(10(15)5-8)20-7-13(19)18-17-6-9-2-4-12(16)21-9/h1-6H,7H2,(H,18,19)/b17-6-. The Labute approximate surface area is 144 Å². The minimum Gasteiger partial charge on any atom is -0.482 e. The van der Waals surface area contributed by atoms with Gasteiger partial charge in [-0.15, -0.1) is 0 Å². The first-order valence-electron chi connectivity index (χ1n) is 5.69. The van der Waals surface area contributed by atoms with Gasteiger partial charge in [-0.3, -0.25) is 4.79 Å². The van der Waals surface area contributed by atoms with E-state index in [2.05, 4.69) is 10.5 Å². The molecule has 110 valence electrons. The van der Waals surface area contributed by atoms with Crippen LogP contribution in [-0.4, -0.2) is 18.7 Å². The first-order chi connectivity index (χ1) is 10.0. The molecule has 2 aromatic rings. The molecule has 21 heavy (non-hydrogen) atoms. The van der Waals surface area contributed by atoms with Crippen LogP contribution < -0.4 is 10.2 Å². The summed E-state index contributed by atoms with van der Waals surface area (Å²) in [4.78, 5) is 11.5. The SMILES string of the molecule is O=C(COc1ccc(Cl)cc1Cl)N/N=C\c1ccc(I)o1. The topological polar surface area (TPSA) is 63.8 Å². The van der Waals surface area contributed by atoms with E-state index in [1.54, 1.807) is 24.3 Å². The van der Waals surface area contributed by atoms with E-state index in [-0.39, 0.29) is 6.61 Å². The number of carbonyl (C=O) groups excluding carboxylic acids is 1. The summed E-state index contributed by atoms with van der Waals surface area (Å²) in [5.74, 6) is 0.501. The molecule has 0 fully saturated rings. The van der Waals surface area contributed by atoms with E-state index < -0.39 is 5.91 Å². The van der Waals surface area contributed by atoms with Crippen LogP contribution in [0.2, 0.25) is 10.0 Å². The number of rotatable bonds is 5. The third kappa shape index (κ3) is 5.22. The number of halogens is 3. The van der Waals surface area contributed by atoms with Gasteiger partial charge < -0.3 is 9.15 Å². The van der Waals surface area contributed by atoms with Gasteiger partial charge >= 0.3 is 0 Å². The quantitative estimate of drug-likeness (QED) is 0.439. The zero-order chi connectivity index (χ0) is 15.2. The molecule has 0 radical (unpaired) electrons. The third-order valence-corrected chi connectivity index (χ3v) is 3.34. The number of hydrazone groups is 1. The van der Waals surface area contributed by atoms with Crippen molar-refractivity contribution in [1.29, 1.82) is 0 Å². The normalized spacial score (nSPS) is 10.8. The van der Waals surface area contributed by atoms with Gasteiger partial charge in [0.15, 0.2) is 10.4 Å². The van der Waals surface area contributed by atoms with Crippen molar-refractivity contribution in [2.45, 2.75) is 0 Å². The van der Waals surface area contributed by atoms with Crippen LogP contribution in [0.25, 0.3) is 0 Å². The molecule has 1 N–H and O–H groups in total. The first-order valence-corrected chi connectivity index (χ1v) is 7.53. The van der Waals surface area contributed by atoms with Crippen molar-refractivity contribution >= 4 is 57.9 Å². The zero-order valence-corrected chi connectivity index (χ0v) is 14.1. The molecule has 0 atom stereocenters. The number of carbonyl (C=O) groups is 1. The van der Waals surface area contributed by atoms with Crippen LogP contribution in [0.4, 0.5) is 0 Å². The highest BCUT2D eigenvalue weighted by atomic mass is 127. The molecule has 0 saturated heterocycles. The van der Waals surface area contributed by atoms with Crippen molar-refractivity contribution in [1.82, 2.24) is 5.43 Å². The second kappa shape index (κ2) is 7.67. The van der Waals surface area contributed by atoms with E-state index in [9.17, 15) is 4.79 Å². The Kier molecular flexibility index (Phi) is 5.89. The van der Waals surface area contributed by atoms with Gasteiger partial charge in [0, 0.05) is 5.02 Å². The highest BCUT2D eigenvalue weighted by Gasteiger charge is 2.05. The van der Waals surface area contributed by atoms with Crippen molar-refractivity contribution in [3.05, 3.63) is 49.9 Å². The number of ether oxygens (including phenoxy) is 1. The third-order valence-electron chi connectivity index (χ3n) is 2.23. The molecule has 0 aliphatic rings. The smallest absolute Gasteiger partial charge is 0.277 e. The molecule has 1 heterocycles. The number of hydrogen-bond acceptors (Lipinski definition) is 4. The summed E-state index contributed by atoms with van der Waals surface area (Å²) in [6.07, 6.45) is 1.40. The summed E-state index contributed by atoms with van der Waals surface area (Å²) in [5.41, 5.74) is 2.32. The van der Waals surface area contributed by atoms with Crippen molar-refractivity contribution in [2.75, 3.05) is 6.61 Å². The molecule has 0 saturated carbocycles. The molecule has 0 aliphatic carbocycles. The fraction of sp³-hybridized carbons (Fsp3) is 0.0769. The molecule has 2 rings (SSSR count). The van der Waals surface area contributed by atoms with Crippen LogP contribution in [-0.2, 0) is 4.79 Å². The summed E-state index contributed by atoms with van der Waals surface area (Å²) in [5, 5.41) is 4.58. The predicted molar refractivity (Wildman–Crippen MR) is 89.1 cm³/mol. The summed E-state index contributed by atoms with van der Waals surface area (Å²) in [7, 11) is 0. The van der Waals surface area contributed by atoms with Crippen LogP contribution in [0.3, 0.4) is 0 Å². The first kappa shape index (κ1) is 16.1. The number of nitrogens with zero attached hydrogens (tertiary/aromatic N) is 1. The van der Waals surface area contributed by atoms with Crippen LogP contribution in [0, 0.1) is 3.77 Å². The lowest BCUT2D eigenvalue weighted by Gasteiger charge is -2.06. The van der Waals surface area contributed by atoms with Crippen LogP contribution >= 0.6 is 45.8 Å². The van der Waals surface area contributed by atoms with Gasteiger partial charge in [-0.2, -0.15) is 5.10 Å². The van der Waals surface area contributed by atoms with E-state index in [1.165, 1.54) is 12.3 Å². The lowest BCUT2D eigenvalue weighted by molar-refractivity contribution is -0.123. The second-order valence-electron chi connectivity index (χ2n) is 3.80. The monoisotopic (exact) mass is 438 g/mol. The molecule has 0 aliphatic heterocycles. The summed E-state index contributed by atoms with van der Waals surface area (Å²) >= 11 is 13.7. The molecule has 0 spiro atoms. The van der Waals surface area contributed by atoms with Crippen molar-refractivity contribution < 1.29 is 13.9 Å². The van der Waals surface area contributed by atoms with Crippen LogP contribution in [0.15, 0.2) is 39.9 Å². The number of benzene rings is 1. The summed E-state index contributed by atoms with van der Waals surface area (Å²) in [6.45, 7) is -0.214. The molecule has 8 heteroatoms. The highest BCUT2D eigenvalue weighted by Crippen LogP contribution is 2.27. The minimum absolute atomic E-state index is 0.214.